The Labute approximate surface area is 88.4 Å². The largest absolute Gasteiger partial charge is 0.493 e. The van der Waals surface area contributed by atoms with E-state index in [1.807, 2.05) is 0 Å². The molecule has 1 aromatic carbocycles. The monoisotopic (exact) mass is 215 g/mol. The SMILES string of the molecule is CC(O)CCOc1ccc(N)c(Cl)c1. The summed E-state index contributed by atoms with van der Waals surface area (Å²) >= 11 is 5.80. The minimum Gasteiger partial charge on any atom is -0.493 e. The highest BCUT2D eigenvalue weighted by atomic mass is 35.5. The minimum atomic E-state index is -0.348. The van der Waals surface area contributed by atoms with Crippen molar-refractivity contribution in [3.63, 3.8) is 0 Å². The molecule has 0 aromatic heterocycles. The molecule has 0 saturated heterocycles. The van der Waals surface area contributed by atoms with E-state index < -0.39 is 0 Å². The van der Waals surface area contributed by atoms with Gasteiger partial charge in [0.1, 0.15) is 5.75 Å². The number of rotatable bonds is 4. The van der Waals surface area contributed by atoms with Gasteiger partial charge < -0.3 is 15.6 Å². The molecule has 0 aliphatic carbocycles. The number of aliphatic hydroxyl groups excluding tert-OH is 1. The summed E-state index contributed by atoms with van der Waals surface area (Å²) in [4.78, 5) is 0. The summed E-state index contributed by atoms with van der Waals surface area (Å²) in [7, 11) is 0. The molecule has 1 aromatic rings. The molecule has 0 heterocycles. The van der Waals surface area contributed by atoms with Crippen LogP contribution in [-0.2, 0) is 0 Å². The number of benzene rings is 1. The van der Waals surface area contributed by atoms with Crippen molar-refractivity contribution in [2.75, 3.05) is 12.3 Å². The molecule has 14 heavy (non-hydrogen) atoms. The van der Waals surface area contributed by atoms with E-state index >= 15 is 0 Å². The van der Waals surface area contributed by atoms with Crippen molar-refractivity contribution in [1.82, 2.24) is 0 Å². The van der Waals surface area contributed by atoms with Gasteiger partial charge in [-0.1, -0.05) is 11.6 Å². The molecule has 0 spiro atoms. The fraction of sp³-hybridized carbons (Fsp3) is 0.400. The lowest BCUT2D eigenvalue weighted by molar-refractivity contribution is 0.155. The van der Waals surface area contributed by atoms with E-state index in [1.165, 1.54) is 0 Å². The molecule has 0 bridgehead atoms. The fourth-order valence-corrected chi connectivity index (χ4v) is 1.12. The van der Waals surface area contributed by atoms with Crippen LogP contribution in [0.3, 0.4) is 0 Å². The first-order valence-electron chi connectivity index (χ1n) is 4.45. The Morgan fingerprint density at radius 3 is 2.86 bits per heavy atom. The zero-order chi connectivity index (χ0) is 10.6. The van der Waals surface area contributed by atoms with Crippen molar-refractivity contribution in [3.05, 3.63) is 23.2 Å². The van der Waals surface area contributed by atoms with Crippen LogP contribution in [0.25, 0.3) is 0 Å². The summed E-state index contributed by atoms with van der Waals surface area (Å²) in [6, 6.07) is 5.11. The smallest absolute Gasteiger partial charge is 0.120 e. The second-order valence-corrected chi connectivity index (χ2v) is 3.58. The van der Waals surface area contributed by atoms with Gasteiger partial charge in [-0.05, 0) is 19.1 Å². The van der Waals surface area contributed by atoms with Crippen molar-refractivity contribution < 1.29 is 9.84 Å². The number of anilines is 1. The number of aliphatic hydroxyl groups is 1. The molecule has 0 saturated carbocycles. The van der Waals surface area contributed by atoms with Gasteiger partial charge in [-0.3, -0.25) is 0 Å². The van der Waals surface area contributed by atoms with Crippen LogP contribution in [0.1, 0.15) is 13.3 Å². The third-order valence-corrected chi connectivity index (χ3v) is 2.10. The fourth-order valence-electron chi connectivity index (χ4n) is 0.945. The summed E-state index contributed by atoms with van der Waals surface area (Å²) in [6.45, 7) is 2.19. The Hall–Kier alpha value is -0.930. The van der Waals surface area contributed by atoms with Crippen molar-refractivity contribution in [3.8, 4) is 5.75 Å². The normalized spacial score (nSPS) is 12.5. The van der Waals surface area contributed by atoms with Gasteiger partial charge in [0.15, 0.2) is 0 Å². The molecule has 3 nitrogen and oxygen atoms in total. The molecule has 0 radical (unpaired) electrons. The Kier molecular flexibility index (Phi) is 4.04. The van der Waals surface area contributed by atoms with Gasteiger partial charge >= 0.3 is 0 Å². The van der Waals surface area contributed by atoms with E-state index in [1.54, 1.807) is 25.1 Å². The Morgan fingerprint density at radius 1 is 1.57 bits per heavy atom. The van der Waals surface area contributed by atoms with Gasteiger partial charge in [0.25, 0.3) is 0 Å². The number of nitrogens with two attached hydrogens (primary N) is 1. The van der Waals surface area contributed by atoms with Gasteiger partial charge in [-0.15, -0.1) is 0 Å². The van der Waals surface area contributed by atoms with Crippen LogP contribution in [0.4, 0.5) is 5.69 Å². The molecule has 78 valence electrons. The molecule has 0 aliphatic rings. The summed E-state index contributed by atoms with van der Waals surface area (Å²) < 4.78 is 5.35. The van der Waals surface area contributed by atoms with Gasteiger partial charge in [0.2, 0.25) is 0 Å². The number of ether oxygens (including phenoxy) is 1. The highest BCUT2D eigenvalue weighted by molar-refractivity contribution is 6.33. The molecule has 1 atom stereocenters. The first-order valence-corrected chi connectivity index (χ1v) is 4.83. The van der Waals surface area contributed by atoms with Crippen LogP contribution in [0.15, 0.2) is 18.2 Å². The van der Waals surface area contributed by atoms with Crippen LogP contribution < -0.4 is 10.5 Å². The predicted octanol–water partition coefficient (Wildman–Crippen LogP) is 2.07. The summed E-state index contributed by atoms with van der Waals surface area (Å²) in [6.07, 6.45) is 0.251. The maximum atomic E-state index is 9.00. The molecular formula is C10H14ClNO2. The van der Waals surface area contributed by atoms with E-state index in [0.29, 0.717) is 29.5 Å². The molecule has 3 N–H and O–H groups in total. The van der Waals surface area contributed by atoms with Crippen LogP contribution >= 0.6 is 11.6 Å². The van der Waals surface area contributed by atoms with Crippen molar-refractivity contribution in [1.29, 1.82) is 0 Å². The van der Waals surface area contributed by atoms with Crippen molar-refractivity contribution >= 4 is 17.3 Å². The standard InChI is InChI=1S/C10H14ClNO2/c1-7(13)4-5-14-8-2-3-10(12)9(11)6-8/h2-3,6-7,13H,4-5,12H2,1H3. The zero-order valence-corrected chi connectivity index (χ0v) is 8.79. The van der Waals surface area contributed by atoms with E-state index in [9.17, 15) is 0 Å². The summed E-state index contributed by atoms with van der Waals surface area (Å²) in [5, 5.41) is 9.49. The first-order chi connectivity index (χ1) is 6.59. The first kappa shape index (κ1) is 11.1. The van der Waals surface area contributed by atoms with Crippen LogP contribution in [-0.4, -0.2) is 17.8 Å². The zero-order valence-electron chi connectivity index (χ0n) is 8.03. The van der Waals surface area contributed by atoms with Gasteiger partial charge in [0, 0.05) is 12.5 Å². The van der Waals surface area contributed by atoms with Crippen molar-refractivity contribution in [2.45, 2.75) is 19.4 Å². The highest BCUT2D eigenvalue weighted by Gasteiger charge is 2.00. The van der Waals surface area contributed by atoms with E-state index in [0.717, 1.165) is 0 Å². The lowest BCUT2D eigenvalue weighted by atomic mass is 10.3. The summed E-state index contributed by atoms with van der Waals surface area (Å²) in [5.74, 6) is 0.671. The van der Waals surface area contributed by atoms with E-state index in [2.05, 4.69) is 0 Å². The number of halogens is 1. The number of nitrogen functional groups attached to an aromatic ring is 1. The topological polar surface area (TPSA) is 55.5 Å². The third kappa shape index (κ3) is 3.44. The predicted molar refractivity (Wildman–Crippen MR) is 57.7 cm³/mol. The molecule has 1 unspecified atom stereocenters. The molecule has 0 aliphatic heterocycles. The minimum absolute atomic E-state index is 0.348. The Bertz CT molecular complexity index is 302. The molecule has 1 rings (SSSR count). The molecule has 0 fully saturated rings. The average molecular weight is 216 g/mol. The van der Waals surface area contributed by atoms with E-state index in [-0.39, 0.29) is 6.10 Å². The second kappa shape index (κ2) is 5.08. The Balaban J connectivity index is 2.47. The molecular weight excluding hydrogens is 202 g/mol. The Morgan fingerprint density at radius 2 is 2.29 bits per heavy atom. The number of hydrogen-bond acceptors (Lipinski definition) is 3. The molecule has 4 heteroatoms. The average Bonchev–Trinajstić information content (AvgIpc) is 2.10. The van der Waals surface area contributed by atoms with E-state index in [4.69, 9.17) is 27.2 Å². The molecule has 0 amide bonds. The lowest BCUT2D eigenvalue weighted by Crippen LogP contribution is -2.07. The lowest BCUT2D eigenvalue weighted by Gasteiger charge is -2.08. The highest BCUT2D eigenvalue weighted by Crippen LogP contribution is 2.24. The van der Waals surface area contributed by atoms with Crippen LogP contribution in [0.5, 0.6) is 5.75 Å². The maximum Gasteiger partial charge on any atom is 0.120 e. The quantitative estimate of drug-likeness (QED) is 0.757. The van der Waals surface area contributed by atoms with Gasteiger partial charge in [-0.25, -0.2) is 0 Å². The van der Waals surface area contributed by atoms with Gasteiger partial charge in [0.05, 0.1) is 23.4 Å². The van der Waals surface area contributed by atoms with Crippen LogP contribution in [0, 0.1) is 0 Å². The third-order valence-electron chi connectivity index (χ3n) is 1.78. The number of hydrogen-bond donors (Lipinski definition) is 2. The summed E-state index contributed by atoms with van der Waals surface area (Å²) in [5.41, 5.74) is 6.07. The second-order valence-electron chi connectivity index (χ2n) is 3.17. The van der Waals surface area contributed by atoms with Gasteiger partial charge in [-0.2, -0.15) is 0 Å². The maximum absolute atomic E-state index is 9.00. The van der Waals surface area contributed by atoms with Crippen LogP contribution in [0.2, 0.25) is 5.02 Å². The van der Waals surface area contributed by atoms with Crippen molar-refractivity contribution in [2.24, 2.45) is 0 Å².